The van der Waals surface area contributed by atoms with Crippen molar-refractivity contribution in [2.24, 2.45) is 11.7 Å². The first-order valence-electron chi connectivity index (χ1n) is 6.19. The van der Waals surface area contributed by atoms with E-state index in [2.05, 4.69) is 0 Å². The van der Waals surface area contributed by atoms with Gasteiger partial charge in [0.15, 0.2) is 11.4 Å². The Kier molecular flexibility index (Phi) is 2.63. The minimum absolute atomic E-state index is 0.0932. The SMILES string of the molecule is NC(c1cc2cccc(F)c2o1)C1CCCC1. The number of benzene rings is 1. The molecule has 3 rings (SSSR count). The lowest BCUT2D eigenvalue weighted by Gasteiger charge is -2.15. The van der Waals surface area contributed by atoms with Crippen molar-refractivity contribution in [3.63, 3.8) is 0 Å². The molecular formula is C14H16FNO. The van der Waals surface area contributed by atoms with Crippen LogP contribution in [0.2, 0.25) is 0 Å². The average Bonchev–Trinajstić information content (AvgIpc) is 2.98. The van der Waals surface area contributed by atoms with Gasteiger partial charge in [0.2, 0.25) is 0 Å². The van der Waals surface area contributed by atoms with Gasteiger partial charge in [-0.25, -0.2) is 4.39 Å². The van der Waals surface area contributed by atoms with Gasteiger partial charge in [0.1, 0.15) is 5.76 Å². The van der Waals surface area contributed by atoms with Crippen LogP contribution in [0.5, 0.6) is 0 Å². The van der Waals surface area contributed by atoms with Crippen LogP contribution in [0.15, 0.2) is 28.7 Å². The fourth-order valence-electron chi connectivity index (χ4n) is 2.76. The molecule has 3 heteroatoms. The molecule has 0 amide bonds. The van der Waals surface area contributed by atoms with Gasteiger partial charge in [0, 0.05) is 5.39 Å². The van der Waals surface area contributed by atoms with Crippen molar-refractivity contribution < 1.29 is 8.81 Å². The topological polar surface area (TPSA) is 39.2 Å². The van der Waals surface area contributed by atoms with Crippen molar-refractivity contribution in [3.05, 3.63) is 35.8 Å². The molecule has 1 aliphatic rings. The summed E-state index contributed by atoms with van der Waals surface area (Å²) < 4.78 is 19.1. The van der Waals surface area contributed by atoms with E-state index < -0.39 is 0 Å². The molecule has 1 aromatic carbocycles. The zero-order chi connectivity index (χ0) is 11.8. The van der Waals surface area contributed by atoms with E-state index in [1.54, 1.807) is 6.07 Å². The molecule has 90 valence electrons. The Morgan fingerprint density at radius 1 is 1.29 bits per heavy atom. The third-order valence-corrected chi connectivity index (χ3v) is 3.75. The van der Waals surface area contributed by atoms with Crippen LogP contribution >= 0.6 is 0 Å². The predicted molar refractivity (Wildman–Crippen MR) is 65.1 cm³/mol. The van der Waals surface area contributed by atoms with Crippen LogP contribution in [-0.4, -0.2) is 0 Å². The van der Waals surface area contributed by atoms with Gasteiger partial charge >= 0.3 is 0 Å². The number of furan rings is 1. The highest BCUT2D eigenvalue weighted by Gasteiger charge is 2.26. The molecule has 0 saturated heterocycles. The standard InChI is InChI=1S/C14H16FNO/c15-11-7-3-6-10-8-12(17-14(10)11)13(16)9-4-1-2-5-9/h3,6-9,13H,1-2,4-5,16H2. The van der Waals surface area contributed by atoms with Crippen LogP contribution < -0.4 is 5.73 Å². The second kappa shape index (κ2) is 4.15. The molecule has 1 aromatic heterocycles. The molecule has 0 radical (unpaired) electrons. The Morgan fingerprint density at radius 2 is 2.06 bits per heavy atom. The number of rotatable bonds is 2. The summed E-state index contributed by atoms with van der Waals surface area (Å²) in [6.07, 6.45) is 4.79. The quantitative estimate of drug-likeness (QED) is 0.857. The molecule has 17 heavy (non-hydrogen) atoms. The van der Waals surface area contributed by atoms with Crippen molar-refractivity contribution in [3.8, 4) is 0 Å². The maximum Gasteiger partial charge on any atom is 0.169 e. The fourth-order valence-corrected chi connectivity index (χ4v) is 2.76. The molecule has 0 aliphatic heterocycles. The van der Waals surface area contributed by atoms with Crippen LogP contribution in [0, 0.1) is 11.7 Å². The van der Waals surface area contributed by atoms with Gasteiger partial charge in [0.25, 0.3) is 0 Å². The van der Waals surface area contributed by atoms with Crippen LogP contribution in [0.4, 0.5) is 4.39 Å². The summed E-state index contributed by atoms with van der Waals surface area (Å²) in [6.45, 7) is 0. The molecule has 1 atom stereocenters. The zero-order valence-electron chi connectivity index (χ0n) is 9.66. The lowest BCUT2D eigenvalue weighted by atomic mass is 9.97. The van der Waals surface area contributed by atoms with E-state index in [-0.39, 0.29) is 11.9 Å². The Bertz CT molecular complexity index is 528. The Balaban J connectivity index is 1.97. The molecular weight excluding hydrogens is 217 g/mol. The minimum Gasteiger partial charge on any atom is -0.456 e. The van der Waals surface area contributed by atoms with Gasteiger partial charge in [-0.05, 0) is 30.9 Å². The summed E-state index contributed by atoms with van der Waals surface area (Å²) in [7, 11) is 0. The third kappa shape index (κ3) is 1.84. The summed E-state index contributed by atoms with van der Waals surface area (Å²) in [5, 5.41) is 0.799. The summed E-state index contributed by atoms with van der Waals surface area (Å²) in [5.74, 6) is 0.892. The summed E-state index contributed by atoms with van der Waals surface area (Å²) >= 11 is 0. The highest BCUT2D eigenvalue weighted by Crippen LogP contribution is 2.36. The number of hydrogen-bond donors (Lipinski definition) is 1. The number of para-hydroxylation sites is 1. The van der Waals surface area contributed by atoms with Gasteiger partial charge in [-0.2, -0.15) is 0 Å². The Morgan fingerprint density at radius 3 is 2.76 bits per heavy atom. The van der Waals surface area contributed by atoms with Crippen molar-refractivity contribution in [1.82, 2.24) is 0 Å². The maximum absolute atomic E-state index is 13.5. The van der Waals surface area contributed by atoms with Crippen molar-refractivity contribution in [2.45, 2.75) is 31.7 Å². The lowest BCUT2D eigenvalue weighted by molar-refractivity contribution is 0.377. The number of halogens is 1. The van der Waals surface area contributed by atoms with Gasteiger partial charge < -0.3 is 10.2 Å². The first-order chi connectivity index (χ1) is 8.25. The molecule has 1 heterocycles. The molecule has 2 aromatic rings. The van der Waals surface area contributed by atoms with Crippen LogP contribution in [-0.2, 0) is 0 Å². The van der Waals surface area contributed by atoms with Crippen LogP contribution in [0.1, 0.15) is 37.5 Å². The van der Waals surface area contributed by atoms with E-state index in [1.807, 2.05) is 12.1 Å². The minimum atomic E-state index is -0.313. The maximum atomic E-state index is 13.5. The van der Waals surface area contributed by atoms with Crippen LogP contribution in [0.3, 0.4) is 0 Å². The molecule has 0 bridgehead atoms. The van der Waals surface area contributed by atoms with E-state index in [0.717, 1.165) is 24.0 Å². The van der Waals surface area contributed by atoms with Crippen molar-refractivity contribution in [1.29, 1.82) is 0 Å². The second-order valence-corrected chi connectivity index (χ2v) is 4.88. The van der Waals surface area contributed by atoms with Gasteiger partial charge in [0.05, 0.1) is 6.04 Å². The molecule has 2 nitrogen and oxygen atoms in total. The monoisotopic (exact) mass is 233 g/mol. The Labute approximate surface area is 99.6 Å². The van der Waals surface area contributed by atoms with Crippen molar-refractivity contribution >= 4 is 11.0 Å². The Hall–Kier alpha value is -1.35. The number of hydrogen-bond acceptors (Lipinski definition) is 2. The fraction of sp³-hybridized carbons (Fsp3) is 0.429. The zero-order valence-corrected chi connectivity index (χ0v) is 9.66. The predicted octanol–water partition coefficient (Wildman–Crippen LogP) is 3.76. The number of nitrogens with two attached hydrogens (primary N) is 1. The van der Waals surface area contributed by atoms with Gasteiger partial charge in [-0.3, -0.25) is 0 Å². The highest BCUT2D eigenvalue weighted by molar-refractivity contribution is 5.78. The van der Waals surface area contributed by atoms with E-state index >= 15 is 0 Å². The normalized spacial score (nSPS) is 18.9. The second-order valence-electron chi connectivity index (χ2n) is 4.88. The highest BCUT2D eigenvalue weighted by atomic mass is 19.1. The molecule has 0 spiro atoms. The van der Waals surface area contributed by atoms with E-state index in [9.17, 15) is 4.39 Å². The molecule has 1 aliphatic carbocycles. The smallest absolute Gasteiger partial charge is 0.169 e. The van der Waals surface area contributed by atoms with Gasteiger partial charge in [-0.1, -0.05) is 25.0 Å². The van der Waals surface area contributed by atoms with Crippen LogP contribution in [0.25, 0.3) is 11.0 Å². The summed E-state index contributed by atoms with van der Waals surface area (Å²) in [5.41, 5.74) is 6.53. The summed E-state index contributed by atoms with van der Waals surface area (Å²) in [4.78, 5) is 0. The average molecular weight is 233 g/mol. The van der Waals surface area contributed by atoms with E-state index in [0.29, 0.717) is 11.5 Å². The van der Waals surface area contributed by atoms with Gasteiger partial charge in [-0.15, -0.1) is 0 Å². The lowest BCUT2D eigenvalue weighted by Crippen LogP contribution is -2.18. The molecule has 1 saturated carbocycles. The summed E-state index contributed by atoms with van der Waals surface area (Å²) in [6, 6.07) is 6.74. The van der Waals surface area contributed by atoms with E-state index in [1.165, 1.54) is 18.9 Å². The third-order valence-electron chi connectivity index (χ3n) is 3.75. The molecule has 1 fully saturated rings. The first kappa shape index (κ1) is 10.8. The number of fused-ring (bicyclic) bond motifs is 1. The molecule has 2 N–H and O–H groups in total. The van der Waals surface area contributed by atoms with Crippen molar-refractivity contribution in [2.75, 3.05) is 0 Å². The van der Waals surface area contributed by atoms with E-state index in [4.69, 9.17) is 10.2 Å². The largest absolute Gasteiger partial charge is 0.456 e. The molecule has 1 unspecified atom stereocenters. The first-order valence-corrected chi connectivity index (χ1v) is 6.19.